The van der Waals surface area contributed by atoms with Crippen molar-refractivity contribution >= 4 is 0 Å². The van der Waals surface area contributed by atoms with E-state index in [0.29, 0.717) is 12.0 Å². The van der Waals surface area contributed by atoms with Crippen molar-refractivity contribution in [3.63, 3.8) is 0 Å². The second kappa shape index (κ2) is 7.53. The zero-order valence-electron chi connectivity index (χ0n) is 12.9. The molecule has 1 aliphatic carbocycles. The summed E-state index contributed by atoms with van der Waals surface area (Å²) in [6, 6.07) is 6.79. The molecular weight excluding hydrogens is 250 g/mol. The summed E-state index contributed by atoms with van der Waals surface area (Å²) in [5.41, 5.74) is 1.20. The summed E-state index contributed by atoms with van der Waals surface area (Å²) in [6.07, 6.45) is 4.94. The highest BCUT2D eigenvalue weighted by atomic mass is 16.5. The standard InChI is InChI=1S/C17H27NO2/c1-4-13(5-2)12-20-17-9-8-16(19-3)10-14(17)11-18-15-6-7-15/h8-10,13,15,18H,4-7,11-12H2,1-3H3. The predicted octanol–water partition coefficient (Wildman–Crippen LogP) is 3.76. The molecule has 1 aromatic rings. The van der Waals surface area contributed by atoms with Crippen molar-refractivity contribution in [1.82, 2.24) is 5.32 Å². The van der Waals surface area contributed by atoms with E-state index in [1.165, 1.54) is 31.2 Å². The normalized spacial score (nSPS) is 14.6. The van der Waals surface area contributed by atoms with Crippen molar-refractivity contribution in [2.24, 2.45) is 5.92 Å². The van der Waals surface area contributed by atoms with Gasteiger partial charge in [0.05, 0.1) is 13.7 Å². The van der Waals surface area contributed by atoms with E-state index in [0.717, 1.165) is 24.7 Å². The van der Waals surface area contributed by atoms with E-state index < -0.39 is 0 Å². The lowest BCUT2D eigenvalue weighted by molar-refractivity contribution is 0.238. The first-order valence-electron chi connectivity index (χ1n) is 7.79. The Morgan fingerprint density at radius 1 is 1.25 bits per heavy atom. The molecule has 1 aromatic carbocycles. The molecule has 112 valence electrons. The van der Waals surface area contributed by atoms with Crippen LogP contribution in [0.2, 0.25) is 0 Å². The van der Waals surface area contributed by atoms with Crippen LogP contribution in [-0.4, -0.2) is 19.8 Å². The quantitative estimate of drug-likeness (QED) is 0.745. The Labute approximate surface area is 122 Å². The Morgan fingerprint density at radius 2 is 2.00 bits per heavy atom. The van der Waals surface area contributed by atoms with Crippen LogP contribution in [-0.2, 0) is 6.54 Å². The van der Waals surface area contributed by atoms with Gasteiger partial charge < -0.3 is 14.8 Å². The third-order valence-corrected chi connectivity index (χ3v) is 4.06. The molecule has 1 saturated carbocycles. The summed E-state index contributed by atoms with van der Waals surface area (Å²) in [5, 5.41) is 3.54. The Balaban J connectivity index is 2.00. The summed E-state index contributed by atoms with van der Waals surface area (Å²) in [4.78, 5) is 0. The second-order valence-corrected chi connectivity index (χ2v) is 5.62. The van der Waals surface area contributed by atoms with E-state index in [2.05, 4.69) is 25.2 Å². The topological polar surface area (TPSA) is 30.5 Å². The highest BCUT2D eigenvalue weighted by Gasteiger charge is 2.21. The average molecular weight is 277 g/mol. The summed E-state index contributed by atoms with van der Waals surface area (Å²) in [7, 11) is 1.71. The highest BCUT2D eigenvalue weighted by molar-refractivity contribution is 5.40. The van der Waals surface area contributed by atoms with Crippen LogP contribution in [0.4, 0.5) is 0 Å². The number of hydrogen-bond acceptors (Lipinski definition) is 3. The molecule has 2 rings (SSSR count). The Kier molecular flexibility index (Phi) is 5.72. The molecule has 0 atom stereocenters. The lowest BCUT2D eigenvalue weighted by atomic mass is 10.1. The van der Waals surface area contributed by atoms with E-state index >= 15 is 0 Å². The van der Waals surface area contributed by atoms with Crippen molar-refractivity contribution in [2.45, 2.75) is 52.1 Å². The van der Waals surface area contributed by atoms with Gasteiger partial charge >= 0.3 is 0 Å². The van der Waals surface area contributed by atoms with Crippen molar-refractivity contribution < 1.29 is 9.47 Å². The number of methoxy groups -OCH3 is 1. The van der Waals surface area contributed by atoms with Gasteiger partial charge in [-0.2, -0.15) is 0 Å². The minimum absolute atomic E-state index is 0.640. The maximum atomic E-state index is 6.04. The molecule has 0 aliphatic heterocycles. The van der Waals surface area contributed by atoms with Crippen LogP contribution in [0.25, 0.3) is 0 Å². The molecule has 0 bridgehead atoms. The number of nitrogens with one attached hydrogen (secondary N) is 1. The Bertz CT molecular complexity index is 411. The maximum Gasteiger partial charge on any atom is 0.124 e. The molecule has 0 saturated heterocycles. The summed E-state index contributed by atoms with van der Waals surface area (Å²) in [6.45, 7) is 6.11. The number of hydrogen-bond donors (Lipinski definition) is 1. The number of benzene rings is 1. The van der Waals surface area contributed by atoms with Crippen LogP contribution < -0.4 is 14.8 Å². The monoisotopic (exact) mass is 277 g/mol. The molecule has 1 fully saturated rings. The van der Waals surface area contributed by atoms with Crippen molar-refractivity contribution in [1.29, 1.82) is 0 Å². The van der Waals surface area contributed by atoms with E-state index in [-0.39, 0.29) is 0 Å². The number of rotatable bonds is 9. The summed E-state index contributed by atoms with van der Waals surface area (Å²) >= 11 is 0. The van der Waals surface area contributed by atoms with E-state index in [9.17, 15) is 0 Å². The molecule has 0 radical (unpaired) electrons. The average Bonchev–Trinajstić information content (AvgIpc) is 3.31. The van der Waals surface area contributed by atoms with Gasteiger partial charge in [-0.3, -0.25) is 0 Å². The SMILES string of the molecule is CCC(CC)COc1ccc(OC)cc1CNC1CC1. The molecule has 1 N–H and O–H groups in total. The lowest BCUT2D eigenvalue weighted by Gasteiger charge is -2.17. The molecular formula is C17H27NO2. The van der Waals surface area contributed by atoms with Gasteiger partial charge in [0.2, 0.25) is 0 Å². The third kappa shape index (κ3) is 4.41. The van der Waals surface area contributed by atoms with E-state index in [4.69, 9.17) is 9.47 Å². The van der Waals surface area contributed by atoms with Gasteiger partial charge in [-0.1, -0.05) is 26.7 Å². The van der Waals surface area contributed by atoms with Gasteiger partial charge in [0, 0.05) is 18.2 Å². The van der Waals surface area contributed by atoms with Crippen LogP contribution in [0.5, 0.6) is 11.5 Å². The molecule has 0 aromatic heterocycles. The lowest BCUT2D eigenvalue weighted by Crippen LogP contribution is -2.17. The zero-order valence-corrected chi connectivity index (χ0v) is 12.9. The fourth-order valence-corrected chi connectivity index (χ4v) is 2.24. The van der Waals surface area contributed by atoms with Crippen LogP contribution in [0.3, 0.4) is 0 Å². The predicted molar refractivity (Wildman–Crippen MR) is 82.4 cm³/mol. The molecule has 0 unspecified atom stereocenters. The molecule has 3 nitrogen and oxygen atoms in total. The largest absolute Gasteiger partial charge is 0.497 e. The Morgan fingerprint density at radius 3 is 2.60 bits per heavy atom. The fraction of sp³-hybridized carbons (Fsp3) is 0.647. The smallest absolute Gasteiger partial charge is 0.124 e. The molecule has 3 heteroatoms. The van der Waals surface area contributed by atoms with E-state index in [1.54, 1.807) is 7.11 Å². The van der Waals surface area contributed by atoms with Gasteiger partial charge in [-0.05, 0) is 37.0 Å². The van der Waals surface area contributed by atoms with Gasteiger partial charge in [-0.25, -0.2) is 0 Å². The number of ether oxygens (including phenoxy) is 2. The molecule has 0 heterocycles. The highest BCUT2D eigenvalue weighted by Crippen LogP contribution is 2.27. The third-order valence-electron chi connectivity index (χ3n) is 4.06. The molecule has 0 amide bonds. The van der Waals surface area contributed by atoms with Crippen molar-refractivity contribution in [3.8, 4) is 11.5 Å². The summed E-state index contributed by atoms with van der Waals surface area (Å²) in [5.74, 6) is 2.53. The first-order valence-corrected chi connectivity index (χ1v) is 7.79. The fourth-order valence-electron chi connectivity index (χ4n) is 2.24. The molecule has 1 aliphatic rings. The van der Waals surface area contributed by atoms with Crippen LogP contribution in [0, 0.1) is 5.92 Å². The van der Waals surface area contributed by atoms with Crippen molar-refractivity contribution in [3.05, 3.63) is 23.8 Å². The maximum absolute atomic E-state index is 6.04. The minimum Gasteiger partial charge on any atom is -0.497 e. The molecule has 20 heavy (non-hydrogen) atoms. The van der Waals surface area contributed by atoms with Crippen LogP contribution >= 0.6 is 0 Å². The Hall–Kier alpha value is -1.22. The van der Waals surface area contributed by atoms with E-state index in [1.807, 2.05) is 12.1 Å². The van der Waals surface area contributed by atoms with Gasteiger partial charge in [0.25, 0.3) is 0 Å². The second-order valence-electron chi connectivity index (χ2n) is 5.62. The van der Waals surface area contributed by atoms with Gasteiger partial charge in [0.15, 0.2) is 0 Å². The zero-order chi connectivity index (χ0) is 14.4. The summed E-state index contributed by atoms with van der Waals surface area (Å²) < 4.78 is 11.4. The van der Waals surface area contributed by atoms with Crippen LogP contribution in [0.15, 0.2) is 18.2 Å². The van der Waals surface area contributed by atoms with Crippen molar-refractivity contribution in [2.75, 3.05) is 13.7 Å². The molecule has 0 spiro atoms. The first kappa shape index (κ1) is 15.2. The van der Waals surface area contributed by atoms with Gasteiger partial charge in [0.1, 0.15) is 11.5 Å². The van der Waals surface area contributed by atoms with Gasteiger partial charge in [-0.15, -0.1) is 0 Å². The van der Waals surface area contributed by atoms with Crippen LogP contribution in [0.1, 0.15) is 45.1 Å². The minimum atomic E-state index is 0.640. The first-order chi connectivity index (χ1) is 9.76.